The van der Waals surface area contributed by atoms with E-state index in [9.17, 15) is 4.79 Å². The van der Waals surface area contributed by atoms with Crippen molar-refractivity contribution in [2.24, 2.45) is 5.92 Å². The second-order valence-electron chi connectivity index (χ2n) is 10.5. The third kappa shape index (κ3) is 12.0. The number of carbonyl (C=O) groups excluding carboxylic acids is 1. The lowest BCUT2D eigenvalue weighted by atomic mass is 9.88. The van der Waals surface area contributed by atoms with Crippen molar-refractivity contribution in [2.75, 3.05) is 20.3 Å². The van der Waals surface area contributed by atoms with Crippen molar-refractivity contribution in [3.8, 4) is 0 Å². The molecule has 0 spiro atoms. The van der Waals surface area contributed by atoms with Crippen molar-refractivity contribution in [1.82, 2.24) is 5.32 Å². The van der Waals surface area contributed by atoms with Crippen LogP contribution in [0.4, 0.5) is 0 Å². The van der Waals surface area contributed by atoms with Crippen molar-refractivity contribution >= 4 is 5.97 Å². The lowest BCUT2D eigenvalue weighted by molar-refractivity contribution is -0.143. The average Bonchev–Trinajstić information content (AvgIpc) is 3.69. The van der Waals surface area contributed by atoms with Crippen molar-refractivity contribution in [2.45, 2.75) is 110 Å². The first-order valence-electron chi connectivity index (χ1n) is 13.7. The van der Waals surface area contributed by atoms with Gasteiger partial charge in [0, 0.05) is 26.2 Å². The quantitative estimate of drug-likeness (QED) is 0.232. The Morgan fingerprint density at radius 2 is 1.92 bits per heavy atom. The third-order valence-electron chi connectivity index (χ3n) is 6.96. The Morgan fingerprint density at radius 1 is 1.19 bits per heavy atom. The van der Waals surface area contributed by atoms with Gasteiger partial charge >= 0.3 is 5.97 Å². The van der Waals surface area contributed by atoms with Gasteiger partial charge in [-0.15, -0.1) is 0 Å². The van der Waals surface area contributed by atoms with Crippen LogP contribution in [-0.2, 0) is 23.7 Å². The molecule has 1 aliphatic heterocycles. The van der Waals surface area contributed by atoms with E-state index in [1.807, 2.05) is 26.0 Å². The van der Waals surface area contributed by atoms with Crippen LogP contribution in [0.1, 0.15) is 73.6 Å². The summed E-state index contributed by atoms with van der Waals surface area (Å²) in [5.74, 6) is 0.148. The van der Waals surface area contributed by atoms with E-state index in [1.165, 1.54) is 18.1 Å². The largest absolute Gasteiger partial charge is 0.459 e. The standard InChI is InChI=1S/C30H49NO6/c1-20(8-13-27(35-17-16-32)19-23(4)34-7)9-15-30-21(2)18-29(24(5)37-30)31-28(26-11-12-26)14-10-22(3)36-25(6)33/h8-10,13-14,21-24,27,29-32H,11-12,15-19H2,1-7H3/b13-8+,14-10-,20-9+. The van der Waals surface area contributed by atoms with Crippen molar-refractivity contribution in [1.29, 1.82) is 0 Å². The molecule has 2 N–H and O–H groups in total. The van der Waals surface area contributed by atoms with Gasteiger partial charge in [-0.05, 0) is 77.0 Å². The molecule has 0 amide bonds. The smallest absolute Gasteiger partial charge is 0.303 e. The Morgan fingerprint density at radius 3 is 2.54 bits per heavy atom. The second kappa shape index (κ2) is 16.1. The van der Waals surface area contributed by atoms with Gasteiger partial charge < -0.3 is 29.4 Å². The van der Waals surface area contributed by atoms with E-state index in [2.05, 4.69) is 44.3 Å². The van der Waals surface area contributed by atoms with Crippen LogP contribution < -0.4 is 5.32 Å². The molecule has 1 saturated carbocycles. The fourth-order valence-corrected chi connectivity index (χ4v) is 4.50. The SMILES string of the molecule is COC(C)CC(/C=C/C(C)=C/CC1OC(C)C(NC(/C=C\C(C)OC(C)=O)=C2CC2)CC1C)OCCO. The molecule has 1 aliphatic carbocycles. The number of hydrogen-bond donors (Lipinski definition) is 2. The zero-order chi connectivity index (χ0) is 27.4. The molecule has 7 heteroatoms. The predicted molar refractivity (Wildman–Crippen MR) is 147 cm³/mol. The van der Waals surface area contributed by atoms with Crippen LogP contribution in [0, 0.1) is 5.92 Å². The topological polar surface area (TPSA) is 86.2 Å². The Hall–Kier alpha value is -1.93. The molecule has 37 heavy (non-hydrogen) atoms. The van der Waals surface area contributed by atoms with E-state index in [1.54, 1.807) is 7.11 Å². The Balaban J connectivity index is 1.91. The molecule has 0 aromatic rings. The number of ether oxygens (including phenoxy) is 4. The van der Waals surface area contributed by atoms with Gasteiger partial charge in [0.15, 0.2) is 0 Å². The minimum atomic E-state index is -0.268. The molecule has 7 nitrogen and oxygen atoms in total. The maximum atomic E-state index is 11.2. The monoisotopic (exact) mass is 519 g/mol. The summed E-state index contributed by atoms with van der Waals surface area (Å²) in [6, 6.07) is 0.236. The van der Waals surface area contributed by atoms with Crippen LogP contribution in [0.3, 0.4) is 0 Å². The summed E-state index contributed by atoms with van der Waals surface area (Å²) in [6.07, 6.45) is 15.2. The van der Waals surface area contributed by atoms with Gasteiger partial charge in [0.2, 0.25) is 0 Å². The summed E-state index contributed by atoms with van der Waals surface area (Å²) in [5, 5.41) is 12.8. The van der Waals surface area contributed by atoms with Crippen LogP contribution in [0.2, 0.25) is 0 Å². The van der Waals surface area contributed by atoms with Gasteiger partial charge in [0.05, 0.1) is 43.7 Å². The Kier molecular flexibility index (Phi) is 13.6. The highest BCUT2D eigenvalue weighted by atomic mass is 16.5. The average molecular weight is 520 g/mol. The van der Waals surface area contributed by atoms with E-state index in [0.29, 0.717) is 12.5 Å². The van der Waals surface area contributed by atoms with Gasteiger partial charge in [-0.1, -0.05) is 30.7 Å². The highest BCUT2D eigenvalue weighted by Crippen LogP contribution is 2.33. The molecule has 1 saturated heterocycles. The number of aliphatic hydroxyl groups is 1. The molecule has 210 valence electrons. The first-order valence-corrected chi connectivity index (χ1v) is 13.7. The molecular formula is C30H49NO6. The number of hydrogen-bond acceptors (Lipinski definition) is 7. The highest BCUT2D eigenvalue weighted by Gasteiger charge is 2.33. The molecule has 2 fully saturated rings. The van der Waals surface area contributed by atoms with Gasteiger partial charge in [-0.25, -0.2) is 0 Å². The summed E-state index contributed by atoms with van der Waals surface area (Å²) in [7, 11) is 1.70. The number of nitrogens with one attached hydrogen (secondary N) is 1. The first kappa shape index (κ1) is 31.3. The van der Waals surface area contributed by atoms with E-state index >= 15 is 0 Å². The molecule has 2 aliphatic rings. The van der Waals surface area contributed by atoms with Gasteiger partial charge in [0.1, 0.15) is 6.10 Å². The lowest BCUT2D eigenvalue weighted by Gasteiger charge is -2.40. The van der Waals surface area contributed by atoms with E-state index in [-0.39, 0.29) is 49.1 Å². The number of rotatable bonds is 15. The molecule has 1 heterocycles. The fourth-order valence-electron chi connectivity index (χ4n) is 4.50. The van der Waals surface area contributed by atoms with Gasteiger partial charge in [-0.2, -0.15) is 0 Å². The van der Waals surface area contributed by atoms with E-state index in [0.717, 1.165) is 37.8 Å². The highest BCUT2D eigenvalue weighted by molar-refractivity contribution is 5.66. The van der Waals surface area contributed by atoms with Crippen LogP contribution >= 0.6 is 0 Å². The number of carbonyl (C=O) groups is 1. The van der Waals surface area contributed by atoms with E-state index in [4.69, 9.17) is 24.1 Å². The molecule has 7 atom stereocenters. The molecule has 0 aromatic heterocycles. The lowest BCUT2D eigenvalue weighted by Crippen LogP contribution is -2.48. The minimum Gasteiger partial charge on any atom is -0.459 e. The number of methoxy groups -OCH3 is 1. The van der Waals surface area contributed by atoms with Crippen LogP contribution in [0.25, 0.3) is 0 Å². The van der Waals surface area contributed by atoms with Crippen molar-refractivity contribution < 1.29 is 28.8 Å². The summed E-state index contributed by atoms with van der Waals surface area (Å²) >= 11 is 0. The predicted octanol–water partition coefficient (Wildman–Crippen LogP) is 5.01. The summed E-state index contributed by atoms with van der Waals surface area (Å²) in [6.45, 7) is 12.1. The Labute approximate surface area is 224 Å². The molecular weight excluding hydrogens is 470 g/mol. The molecule has 7 unspecified atom stereocenters. The maximum Gasteiger partial charge on any atom is 0.303 e. The molecule has 0 bridgehead atoms. The van der Waals surface area contributed by atoms with Gasteiger partial charge in [-0.3, -0.25) is 4.79 Å². The first-order chi connectivity index (χ1) is 17.6. The zero-order valence-electron chi connectivity index (χ0n) is 23.9. The van der Waals surface area contributed by atoms with Crippen LogP contribution in [-0.4, -0.2) is 68.0 Å². The fraction of sp³-hybridized carbons (Fsp3) is 0.700. The molecule has 2 rings (SSSR count). The number of esters is 1. The normalized spacial score (nSPS) is 26.8. The minimum absolute atomic E-state index is 0.00769. The number of allylic oxidation sites excluding steroid dienone is 4. The summed E-state index contributed by atoms with van der Waals surface area (Å²) in [5.41, 5.74) is 3.73. The van der Waals surface area contributed by atoms with Gasteiger partial charge in [0.25, 0.3) is 0 Å². The molecule has 0 radical (unpaired) electrons. The van der Waals surface area contributed by atoms with Crippen LogP contribution in [0.5, 0.6) is 0 Å². The van der Waals surface area contributed by atoms with Crippen molar-refractivity contribution in [3.63, 3.8) is 0 Å². The van der Waals surface area contributed by atoms with Crippen LogP contribution in [0.15, 0.2) is 47.2 Å². The van der Waals surface area contributed by atoms with E-state index < -0.39 is 0 Å². The van der Waals surface area contributed by atoms with Crippen molar-refractivity contribution in [3.05, 3.63) is 47.2 Å². The second-order valence-corrected chi connectivity index (χ2v) is 10.5. The summed E-state index contributed by atoms with van der Waals surface area (Å²) < 4.78 is 22.8. The summed E-state index contributed by atoms with van der Waals surface area (Å²) in [4.78, 5) is 11.2. The maximum absolute atomic E-state index is 11.2. The zero-order valence-corrected chi connectivity index (χ0v) is 23.9. The Bertz CT molecular complexity index is 826. The number of aliphatic hydroxyl groups excluding tert-OH is 1. The third-order valence-corrected chi connectivity index (χ3v) is 6.96. The molecule has 0 aromatic carbocycles.